The van der Waals surface area contributed by atoms with Gasteiger partial charge in [-0.15, -0.1) is 0 Å². The quantitative estimate of drug-likeness (QED) is 0.572. The molecule has 2 aliphatic rings. The predicted molar refractivity (Wildman–Crippen MR) is 69.3 cm³/mol. The largest absolute Gasteiger partial charge is 0.378 e. The van der Waals surface area contributed by atoms with Gasteiger partial charge >= 0.3 is 5.82 Å². The number of anilines is 1. The summed E-state index contributed by atoms with van der Waals surface area (Å²) in [4.78, 5) is 18.6. The van der Waals surface area contributed by atoms with Crippen LogP contribution in [0.15, 0.2) is 18.3 Å². The molecule has 102 valence electrons. The van der Waals surface area contributed by atoms with E-state index in [-0.39, 0.29) is 5.82 Å². The topological polar surface area (TPSA) is 71.7 Å². The van der Waals surface area contributed by atoms with Gasteiger partial charge in [0.15, 0.2) is 6.20 Å². The Morgan fingerprint density at radius 2 is 2.05 bits per heavy atom. The maximum atomic E-state index is 10.6. The fourth-order valence-electron chi connectivity index (χ4n) is 2.70. The van der Waals surface area contributed by atoms with Crippen LogP contribution in [-0.4, -0.2) is 60.2 Å². The van der Waals surface area contributed by atoms with Gasteiger partial charge in [0.2, 0.25) is 0 Å². The lowest BCUT2D eigenvalue weighted by Crippen LogP contribution is -2.63. The molecule has 2 unspecified atom stereocenters. The molecule has 0 radical (unpaired) electrons. The monoisotopic (exact) mass is 264 g/mol. The number of hydrogen-bond acceptors (Lipinski definition) is 6. The minimum absolute atomic E-state index is 0.110. The summed E-state index contributed by atoms with van der Waals surface area (Å²) in [6.07, 6.45) is 1.58. The van der Waals surface area contributed by atoms with Crippen molar-refractivity contribution < 1.29 is 9.66 Å². The maximum Gasteiger partial charge on any atom is 0.363 e. The van der Waals surface area contributed by atoms with Crippen molar-refractivity contribution in [1.82, 2.24) is 9.88 Å². The van der Waals surface area contributed by atoms with Gasteiger partial charge < -0.3 is 19.8 Å². The summed E-state index contributed by atoms with van der Waals surface area (Å²) in [5.74, 6) is -0.110. The van der Waals surface area contributed by atoms with E-state index in [0.717, 1.165) is 32.0 Å². The molecule has 2 fully saturated rings. The van der Waals surface area contributed by atoms with Gasteiger partial charge in [0.05, 0.1) is 31.0 Å². The zero-order valence-corrected chi connectivity index (χ0v) is 10.7. The molecule has 0 spiro atoms. The second-order valence-electron chi connectivity index (χ2n) is 5.05. The average molecular weight is 264 g/mol. The van der Waals surface area contributed by atoms with Crippen molar-refractivity contribution in [1.29, 1.82) is 0 Å². The fraction of sp³-hybridized carbons (Fsp3) is 0.583. The highest BCUT2D eigenvalue weighted by Gasteiger charge is 2.36. The van der Waals surface area contributed by atoms with Gasteiger partial charge in [-0.25, -0.2) is 0 Å². The first-order valence-electron chi connectivity index (χ1n) is 6.30. The highest BCUT2D eigenvalue weighted by Crippen LogP contribution is 2.24. The predicted octanol–water partition coefficient (Wildman–Crippen LogP) is 0.509. The molecule has 2 atom stereocenters. The standard InChI is InChI=1S/C12H16N4O3/c1-14-10-5-15(6-11(14)8-19-7-10)9-2-3-12(13-4-9)16(17)18/h2-4,10-11H,5-8H2,1H3. The van der Waals surface area contributed by atoms with E-state index >= 15 is 0 Å². The number of ether oxygens (including phenoxy) is 1. The third-order valence-corrected chi connectivity index (χ3v) is 3.92. The number of morpholine rings is 1. The van der Waals surface area contributed by atoms with Crippen LogP contribution in [0.25, 0.3) is 0 Å². The van der Waals surface area contributed by atoms with Gasteiger partial charge in [-0.2, -0.15) is 0 Å². The van der Waals surface area contributed by atoms with E-state index in [4.69, 9.17) is 4.74 Å². The Labute approximate surface area is 110 Å². The van der Waals surface area contributed by atoms with E-state index in [0.29, 0.717) is 12.1 Å². The molecule has 3 heterocycles. The van der Waals surface area contributed by atoms with Crippen LogP contribution >= 0.6 is 0 Å². The summed E-state index contributed by atoms with van der Waals surface area (Å²) in [6, 6.07) is 3.98. The smallest absolute Gasteiger partial charge is 0.363 e. The lowest BCUT2D eigenvalue weighted by molar-refractivity contribution is -0.389. The Hall–Kier alpha value is -1.73. The molecule has 0 amide bonds. The minimum atomic E-state index is -0.476. The summed E-state index contributed by atoms with van der Waals surface area (Å²) in [6.45, 7) is 3.22. The van der Waals surface area contributed by atoms with Crippen molar-refractivity contribution >= 4 is 11.5 Å². The van der Waals surface area contributed by atoms with Crippen molar-refractivity contribution in [3.8, 4) is 0 Å². The van der Waals surface area contributed by atoms with Crippen LogP contribution in [0.2, 0.25) is 0 Å². The second kappa shape index (κ2) is 4.75. The Morgan fingerprint density at radius 3 is 2.58 bits per heavy atom. The van der Waals surface area contributed by atoms with Gasteiger partial charge in [-0.3, -0.25) is 4.90 Å². The van der Waals surface area contributed by atoms with Crippen LogP contribution in [0.5, 0.6) is 0 Å². The van der Waals surface area contributed by atoms with Crippen molar-refractivity contribution in [2.24, 2.45) is 0 Å². The van der Waals surface area contributed by atoms with Gasteiger partial charge in [0.25, 0.3) is 0 Å². The van der Waals surface area contributed by atoms with Crippen molar-refractivity contribution in [3.05, 3.63) is 28.4 Å². The van der Waals surface area contributed by atoms with Crippen molar-refractivity contribution in [2.75, 3.05) is 38.3 Å². The molecule has 2 bridgehead atoms. The number of pyridine rings is 1. The SMILES string of the molecule is CN1C2COCC1CN(c1ccc([N+](=O)[O-])nc1)C2. The van der Waals surface area contributed by atoms with E-state index in [9.17, 15) is 10.1 Å². The number of fused-ring (bicyclic) bond motifs is 2. The van der Waals surface area contributed by atoms with Crippen LogP contribution in [0.4, 0.5) is 11.5 Å². The number of nitrogens with zero attached hydrogens (tertiary/aromatic N) is 4. The molecule has 19 heavy (non-hydrogen) atoms. The van der Waals surface area contributed by atoms with Crippen molar-refractivity contribution in [3.63, 3.8) is 0 Å². The van der Waals surface area contributed by atoms with Crippen LogP contribution < -0.4 is 4.90 Å². The van der Waals surface area contributed by atoms with Gasteiger partial charge in [0, 0.05) is 19.2 Å². The molecule has 0 saturated carbocycles. The van der Waals surface area contributed by atoms with E-state index in [1.54, 1.807) is 12.3 Å². The fourth-order valence-corrected chi connectivity index (χ4v) is 2.70. The minimum Gasteiger partial charge on any atom is -0.378 e. The Kier molecular flexibility index (Phi) is 3.08. The Balaban J connectivity index is 1.77. The Morgan fingerprint density at radius 1 is 1.37 bits per heavy atom. The van der Waals surface area contributed by atoms with Gasteiger partial charge in [-0.1, -0.05) is 0 Å². The van der Waals surface area contributed by atoms with E-state index in [1.165, 1.54) is 6.07 Å². The van der Waals surface area contributed by atoms with Gasteiger partial charge in [0.1, 0.15) is 0 Å². The molecule has 7 heteroatoms. The van der Waals surface area contributed by atoms with Crippen LogP contribution in [0.1, 0.15) is 0 Å². The molecule has 2 saturated heterocycles. The molecule has 0 aliphatic carbocycles. The van der Waals surface area contributed by atoms with Crippen LogP contribution in [0.3, 0.4) is 0 Å². The highest BCUT2D eigenvalue weighted by atomic mass is 16.6. The zero-order valence-electron chi connectivity index (χ0n) is 10.7. The zero-order chi connectivity index (χ0) is 13.4. The number of nitro groups is 1. The number of piperazine rings is 1. The first kappa shape index (κ1) is 12.3. The number of rotatable bonds is 2. The summed E-state index contributed by atoms with van der Waals surface area (Å²) in [5, 5.41) is 10.6. The number of aromatic nitrogens is 1. The summed E-state index contributed by atoms with van der Waals surface area (Å²) in [7, 11) is 2.13. The van der Waals surface area contributed by atoms with E-state index in [1.807, 2.05) is 0 Å². The molecule has 1 aromatic rings. The summed E-state index contributed by atoms with van der Waals surface area (Å²) < 4.78 is 5.57. The molecular weight excluding hydrogens is 248 g/mol. The lowest BCUT2D eigenvalue weighted by atomic mass is 10.1. The normalized spacial score (nSPS) is 27.3. The van der Waals surface area contributed by atoms with Gasteiger partial charge in [-0.05, 0) is 23.0 Å². The molecule has 1 aromatic heterocycles. The highest BCUT2D eigenvalue weighted by molar-refractivity contribution is 5.47. The maximum absolute atomic E-state index is 10.6. The van der Waals surface area contributed by atoms with E-state index < -0.39 is 4.92 Å². The number of likely N-dealkylation sites (N-methyl/N-ethyl adjacent to an activating group) is 1. The molecule has 3 rings (SSSR count). The molecule has 7 nitrogen and oxygen atoms in total. The number of hydrogen-bond donors (Lipinski definition) is 0. The molecular formula is C12H16N4O3. The molecule has 0 N–H and O–H groups in total. The third kappa shape index (κ3) is 2.26. The lowest BCUT2D eigenvalue weighted by Gasteiger charge is -2.48. The van der Waals surface area contributed by atoms with Crippen LogP contribution in [-0.2, 0) is 4.74 Å². The average Bonchev–Trinajstić information content (AvgIpc) is 2.38. The third-order valence-electron chi connectivity index (χ3n) is 3.92. The van der Waals surface area contributed by atoms with Crippen LogP contribution in [0, 0.1) is 10.1 Å². The van der Waals surface area contributed by atoms with E-state index in [2.05, 4.69) is 21.8 Å². The first-order valence-corrected chi connectivity index (χ1v) is 6.30. The first-order chi connectivity index (χ1) is 9.15. The Bertz CT molecular complexity index is 464. The van der Waals surface area contributed by atoms with Crippen molar-refractivity contribution in [2.45, 2.75) is 12.1 Å². The molecule has 0 aromatic carbocycles. The summed E-state index contributed by atoms with van der Waals surface area (Å²) >= 11 is 0. The summed E-state index contributed by atoms with van der Waals surface area (Å²) in [5.41, 5.74) is 0.940. The second-order valence-corrected chi connectivity index (χ2v) is 5.05. The molecule has 2 aliphatic heterocycles.